The average Bonchev–Trinajstić information content (AvgIpc) is 3.26. The van der Waals surface area contributed by atoms with Gasteiger partial charge in [0.1, 0.15) is 23.9 Å². The number of hydrogen-bond donors (Lipinski definition) is 1. The van der Waals surface area contributed by atoms with Crippen LogP contribution in [0.15, 0.2) is 48.5 Å². The van der Waals surface area contributed by atoms with E-state index in [2.05, 4.69) is 26.1 Å². The molecule has 0 radical (unpaired) electrons. The van der Waals surface area contributed by atoms with Gasteiger partial charge in [0.2, 0.25) is 11.8 Å². The van der Waals surface area contributed by atoms with Crippen molar-refractivity contribution in [2.75, 3.05) is 58.6 Å². The highest BCUT2D eigenvalue weighted by atomic mass is 32.2. The number of likely N-dealkylation sites (N-methyl/N-ethyl adjacent to an activating group) is 1. The molecule has 2 heterocycles. The number of ether oxygens (including phenoxy) is 2. The summed E-state index contributed by atoms with van der Waals surface area (Å²) in [5.74, 6) is 1.89. The number of amides is 2. The molecule has 3 aromatic rings. The van der Waals surface area contributed by atoms with Crippen molar-refractivity contribution < 1.29 is 19.1 Å². The van der Waals surface area contributed by atoms with Crippen LogP contribution in [-0.2, 0) is 15.0 Å². The number of hydrogen-bond acceptors (Lipinski definition) is 7. The number of benzene rings is 2. The highest BCUT2D eigenvalue weighted by Gasteiger charge is 2.40. The number of nitrogens with zero attached hydrogens (tertiary/aromatic N) is 4. The lowest BCUT2D eigenvalue weighted by atomic mass is 9.87. The lowest BCUT2D eigenvalue weighted by molar-refractivity contribution is -0.122. The first-order chi connectivity index (χ1) is 19.0. The molecular weight excluding hydrogens is 526 g/mol. The summed E-state index contributed by atoms with van der Waals surface area (Å²) in [6.07, 6.45) is 0. The van der Waals surface area contributed by atoms with E-state index in [1.54, 1.807) is 23.8 Å². The molecule has 1 aliphatic rings. The Labute approximate surface area is 240 Å². The molecule has 1 atom stereocenters. The van der Waals surface area contributed by atoms with Crippen molar-refractivity contribution in [3.05, 3.63) is 65.4 Å². The molecule has 4 rings (SSSR count). The summed E-state index contributed by atoms with van der Waals surface area (Å²) >= 11 is 1.53. The van der Waals surface area contributed by atoms with Crippen LogP contribution in [0.3, 0.4) is 0 Å². The third-order valence-electron chi connectivity index (χ3n) is 6.72. The topological polar surface area (TPSA) is 88.9 Å². The summed E-state index contributed by atoms with van der Waals surface area (Å²) in [4.78, 5) is 30.5. The molecule has 214 valence electrons. The van der Waals surface area contributed by atoms with Crippen molar-refractivity contribution in [2.45, 2.75) is 31.4 Å². The first-order valence-electron chi connectivity index (χ1n) is 13.3. The lowest BCUT2D eigenvalue weighted by Crippen LogP contribution is -2.43. The van der Waals surface area contributed by atoms with Crippen LogP contribution in [0, 0.1) is 0 Å². The molecule has 2 amide bonds. The van der Waals surface area contributed by atoms with Gasteiger partial charge in [-0.15, -0.1) is 11.8 Å². The standard InChI is InChI=1S/C30H39N5O4S/c1-30(2,3)28-26-27(22-10-8-9-11-23(22)39-7)40-19-25(37)34(18-24(36)31-16-17-33(4)5)29(26)35(32-28)20-12-14-21(38-6)15-13-20/h8-15,27H,16-19H2,1-7H3,(H,31,36)/t27-/m0/s1. The Morgan fingerprint density at radius 2 is 1.80 bits per heavy atom. The van der Waals surface area contributed by atoms with Gasteiger partial charge < -0.3 is 19.7 Å². The molecule has 0 aliphatic carbocycles. The number of para-hydroxylation sites is 1. The molecule has 9 nitrogen and oxygen atoms in total. The minimum atomic E-state index is -0.352. The molecule has 0 fully saturated rings. The van der Waals surface area contributed by atoms with Gasteiger partial charge in [0.15, 0.2) is 0 Å². The number of fused-ring (bicyclic) bond motifs is 1. The average molecular weight is 566 g/mol. The second kappa shape index (κ2) is 12.3. The van der Waals surface area contributed by atoms with Crippen molar-refractivity contribution in [3.63, 3.8) is 0 Å². The molecule has 10 heteroatoms. The van der Waals surface area contributed by atoms with E-state index in [-0.39, 0.29) is 34.8 Å². The van der Waals surface area contributed by atoms with E-state index in [9.17, 15) is 9.59 Å². The van der Waals surface area contributed by atoms with Crippen LogP contribution in [0.25, 0.3) is 5.69 Å². The van der Waals surface area contributed by atoms with Crippen molar-refractivity contribution >= 4 is 29.4 Å². The number of anilines is 1. The van der Waals surface area contributed by atoms with Crippen molar-refractivity contribution in [3.8, 4) is 17.2 Å². The van der Waals surface area contributed by atoms with E-state index in [0.29, 0.717) is 24.7 Å². The molecule has 0 saturated heterocycles. The zero-order chi connectivity index (χ0) is 29.0. The third-order valence-corrected chi connectivity index (χ3v) is 7.96. The van der Waals surface area contributed by atoms with E-state index >= 15 is 0 Å². The Morgan fingerprint density at radius 3 is 2.42 bits per heavy atom. The summed E-state index contributed by atoms with van der Waals surface area (Å²) in [6.45, 7) is 7.43. The lowest BCUT2D eigenvalue weighted by Gasteiger charge is -2.25. The number of methoxy groups -OCH3 is 2. The zero-order valence-corrected chi connectivity index (χ0v) is 25.2. The fraction of sp³-hybridized carbons (Fsp3) is 0.433. The molecule has 1 N–H and O–H groups in total. The molecule has 0 spiro atoms. The van der Waals surface area contributed by atoms with Gasteiger partial charge in [0.05, 0.1) is 36.6 Å². The molecule has 0 saturated carbocycles. The van der Waals surface area contributed by atoms with E-state index in [4.69, 9.17) is 14.6 Å². The van der Waals surface area contributed by atoms with E-state index in [1.165, 1.54) is 11.8 Å². The van der Waals surface area contributed by atoms with Crippen LogP contribution in [-0.4, -0.2) is 80.2 Å². The Morgan fingerprint density at radius 1 is 1.10 bits per heavy atom. The van der Waals surface area contributed by atoms with Gasteiger partial charge in [-0.1, -0.05) is 39.0 Å². The van der Waals surface area contributed by atoms with Gasteiger partial charge in [-0.3, -0.25) is 14.5 Å². The minimum Gasteiger partial charge on any atom is -0.497 e. The van der Waals surface area contributed by atoms with Crippen LogP contribution in [0.4, 0.5) is 5.82 Å². The van der Waals surface area contributed by atoms with Crippen LogP contribution >= 0.6 is 11.8 Å². The highest BCUT2D eigenvalue weighted by Crippen LogP contribution is 2.50. The molecular formula is C30H39N5O4S. The Balaban J connectivity index is 1.94. The minimum absolute atomic E-state index is 0.107. The summed E-state index contributed by atoms with van der Waals surface area (Å²) < 4.78 is 12.9. The fourth-order valence-electron chi connectivity index (χ4n) is 4.72. The van der Waals surface area contributed by atoms with Crippen LogP contribution < -0.4 is 19.7 Å². The molecule has 2 aromatic carbocycles. The number of thioether (sulfide) groups is 1. The Bertz CT molecular complexity index is 1350. The zero-order valence-electron chi connectivity index (χ0n) is 24.4. The number of nitrogens with one attached hydrogen (secondary N) is 1. The van der Waals surface area contributed by atoms with Crippen LogP contribution in [0.1, 0.15) is 42.8 Å². The van der Waals surface area contributed by atoms with Crippen molar-refractivity contribution in [1.29, 1.82) is 0 Å². The third kappa shape index (κ3) is 6.28. The Kier molecular flexibility index (Phi) is 9.10. The molecule has 40 heavy (non-hydrogen) atoms. The number of rotatable bonds is 9. The molecule has 0 bridgehead atoms. The normalized spacial score (nSPS) is 15.6. The summed E-state index contributed by atoms with van der Waals surface area (Å²) in [6, 6.07) is 15.4. The summed E-state index contributed by atoms with van der Waals surface area (Å²) in [5.41, 5.74) is 3.14. The Hall–Kier alpha value is -3.50. The number of carbonyl (C=O) groups excluding carboxylic acids is 2. The number of aromatic nitrogens is 2. The van der Waals surface area contributed by atoms with Gasteiger partial charge in [0.25, 0.3) is 0 Å². The fourth-order valence-corrected chi connectivity index (χ4v) is 5.95. The van der Waals surface area contributed by atoms with Gasteiger partial charge in [-0.2, -0.15) is 5.10 Å². The van der Waals surface area contributed by atoms with E-state index in [0.717, 1.165) is 28.3 Å². The van der Waals surface area contributed by atoms with Gasteiger partial charge >= 0.3 is 0 Å². The second-order valence-electron chi connectivity index (χ2n) is 11.0. The maximum Gasteiger partial charge on any atom is 0.240 e. The maximum atomic E-state index is 13.8. The van der Waals surface area contributed by atoms with Gasteiger partial charge in [-0.05, 0) is 44.4 Å². The second-order valence-corrected chi connectivity index (χ2v) is 12.1. The van der Waals surface area contributed by atoms with Crippen LogP contribution in [0.2, 0.25) is 0 Å². The maximum absolute atomic E-state index is 13.8. The van der Waals surface area contributed by atoms with Gasteiger partial charge in [0, 0.05) is 29.6 Å². The van der Waals surface area contributed by atoms with Crippen molar-refractivity contribution in [2.24, 2.45) is 0 Å². The van der Waals surface area contributed by atoms with Crippen molar-refractivity contribution in [1.82, 2.24) is 20.0 Å². The molecule has 1 aliphatic heterocycles. The van der Waals surface area contributed by atoms with E-state index < -0.39 is 0 Å². The predicted molar refractivity (Wildman–Crippen MR) is 160 cm³/mol. The predicted octanol–water partition coefficient (Wildman–Crippen LogP) is 4.03. The summed E-state index contributed by atoms with van der Waals surface area (Å²) in [5, 5.41) is 7.85. The van der Waals surface area contributed by atoms with Gasteiger partial charge in [-0.25, -0.2) is 4.68 Å². The summed E-state index contributed by atoms with van der Waals surface area (Å²) in [7, 11) is 7.18. The largest absolute Gasteiger partial charge is 0.497 e. The number of carbonyl (C=O) groups is 2. The molecule has 0 unspecified atom stereocenters. The smallest absolute Gasteiger partial charge is 0.240 e. The monoisotopic (exact) mass is 565 g/mol. The van der Waals surface area contributed by atoms with E-state index in [1.807, 2.05) is 67.5 Å². The first-order valence-corrected chi connectivity index (χ1v) is 14.3. The SMILES string of the molecule is COc1ccc(-n2nc(C(C)(C)C)c3c2N(CC(=O)NCCN(C)C)C(=O)CS[C@H]3c2ccccc2OC)cc1. The quantitative estimate of drug-likeness (QED) is 0.419. The highest BCUT2D eigenvalue weighted by molar-refractivity contribution is 8.00. The molecule has 1 aromatic heterocycles. The van der Waals surface area contributed by atoms with Crippen LogP contribution in [0.5, 0.6) is 11.5 Å². The first kappa shape index (κ1) is 29.5.